The zero-order chi connectivity index (χ0) is 13.9. The fourth-order valence-corrected chi connectivity index (χ4v) is 10.1. The summed E-state index contributed by atoms with van der Waals surface area (Å²) in [4.78, 5) is 0. The summed E-state index contributed by atoms with van der Waals surface area (Å²) in [5, 5.41) is 0. The van der Waals surface area contributed by atoms with E-state index in [9.17, 15) is 0 Å². The van der Waals surface area contributed by atoms with Gasteiger partial charge in [-0.3, -0.25) is 0 Å². The molecule has 108 valence electrons. The van der Waals surface area contributed by atoms with E-state index in [1.807, 2.05) is 0 Å². The summed E-state index contributed by atoms with van der Waals surface area (Å²) in [6.07, 6.45) is 9.27. The highest BCUT2D eigenvalue weighted by molar-refractivity contribution is 7.38. The molecule has 0 bridgehead atoms. The number of rotatable bonds is 6. The van der Waals surface area contributed by atoms with Crippen molar-refractivity contribution in [2.24, 2.45) is 0 Å². The average molecular weight is 287 g/mol. The molecule has 0 aromatic rings. The van der Waals surface area contributed by atoms with Crippen molar-refractivity contribution in [3.05, 3.63) is 0 Å². The molecule has 1 aliphatic rings. The Morgan fingerprint density at radius 2 is 1.44 bits per heavy atom. The van der Waals surface area contributed by atoms with Gasteiger partial charge in [-0.2, -0.15) is 0 Å². The summed E-state index contributed by atoms with van der Waals surface area (Å²) >= 11 is 0. The van der Waals surface area contributed by atoms with Gasteiger partial charge >= 0.3 is 0 Å². The van der Waals surface area contributed by atoms with E-state index in [2.05, 4.69) is 40.0 Å². The molecule has 0 N–H and O–H groups in total. The number of hydrogen-bond donors (Lipinski definition) is 0. The lowest BCUT2D eigenvalue weighted by molar-refractivity contribution is 0.0308. The molecule has 1 aliphatic heterocycles. The fourth-order valence-electron chi connectivity index (χ4n) is 3.05. The molecule has 0 atom stereocenters. The Bertz CT molecular complexity index is 253. The maximum atomic E-state index is 6.88. The van der Waals surface area contributed by atoms with E-state index in [1.165, 1.54) is 51.0 Å². The molecule has 18 heavy (non-hydrogen) atoms. The van der Waals surface area contributed by atoms with Crippen LogP contribution < -0.4 is 0 Å². The first-order valence-electron chi connectivity index (χ1n) is 7.99. The maximum absolute atomic E-state index is 6.88. The topological polar surface area (TPSA) is 9.23 Å². The second-order valence-electron chi connectivity index (χ2n) is 7.39. The van der Waals surface area contributed by atoms with Crippen molar-refractivity contribution in [2.75, 3.05) is 0 Å². The summed E-state index contributed by atoms with van der Waals surface area (Å²) < 4.78 is 6.88. The third-order valence-electron chi connectivity index (χ3n) is 5.28. The van der Waals surface area contributed by atoms with Gasteiger partial charge in [-0.25, -0.2) is 0 Å². The average Bonchev–Trinajstić information content (AvgIpc) is 2.29. The van der Waals surface area contributed by atoms with Crippen molar-refractivity contribution in [2.45, 2.75) is 96.6 Å². The molecule has 0 radical (unpaired) electrons. The monoisotopic (exact) mass is 286 g/mol. The summed E-state index contributed by atoms with van der Waals surface area (Å²) in [6, 6.07) is 1.50. The van der Waals surface area contributed by atoms with Gasteiger partial charge in [0.05, 0.1) is 13.2 Å². The van der Waals surface area contributed by atoms with E-state index in [0.29, 0.717) is 0 Å². The lowest BCUT2D eigenvalue weighted by Crippen LogP contribution is -2.65. The quantitative estimate of drug-likeness (QED) is 0.584. The predicted molar refractivity (Wildman–Crippen MR) is 87.3 cm³/mol. The maximum Gasteiger partial charge on any atom is 0.174 e. The van der Waals surface area contributed by atoms with E-state index in [-0.39, 0.29) is 5.60 Å². The van der Waals surface area contributed by atoms with Crippen molar-refractivity contribution in [1.82, 2.24) is 0 Å². The third-order valence-corrected chi connectivity index (χ3v) is 21.8. The van der Waals surface area contributed by atoms with Crippen LogP contribution >= 0.6 is 0 Å². The Balaban J connectivity index is 2.79. The Labute approximate surface area is 117 Å². The third kappa shape index (κ3) is 3.70. The van der Waals surface area contributed by atoms with Crippen molar-refractivity contribution < 1.29 is 4.43 Å². The minimum Gasteiger partial charge on any atom is -0.415 e. The van der Waals surface area contributed by atoms with Crippen molar-refractivity contribution in [1.29, 1.82) is 0 Å². The molecule has 1 heterocycles. The van der Waals surface area contributed by atoms with Gasteiger partial charge in [0.25, 0.3) is 0 Å². The van der Waals surface area contributed by atoms with Crippen molar-refractivity contribution >= 4 is 15.4 Å². The van der Waals surface area contributed by atoms with Crippen LogP contribution in [0.2, 0.25) is 32.2 Å². The van der Waals surface area contributed by atoms with Gasteiger partial charge in [0.15, 0.2) is 7.83 Å². The molecule has 1 saturated heterocycles. The summed E-state index contributed by atoms with van der Waals surface area (Å²) in [5.41, 5.74) is 0.268. The van der Waals surface area contributed by atoms with Crippen LogP contribution in [-0.4, -0.2) is 21.0 Å². The van der Waals surface area contributed by atoms with Crippen LogP contribution in [0.5, 0.6) is 0 Å². The van der Waals surface area contributed by atoms with Gasteiger partial charge in [0.1, 0.15) is 0 Å². The smallest absolute Gasteiger partial charge is 0.174 e. The molecule has 1 fully saturated rings. The molecule has 0 aromatic carbocycles. The molecule has 3 heteroatoms. The van der Waals surface area contributed by atoms with E-state index in [1.54, 1.807) is 0 Å². The van der Waals surface area contributed by atoms with Crippen molar-refractivity contribution in [3.63, 3.8) is 0 Å². The second-order valence-corrected chi connectivity index (χ2v) is 22.6. The largest absolute Gasteiger partial charge is 0.415 e. The van der Waals surface area contributed by atoms with Gasteiger partial charge in [0.2, 0.25) is 0 Å². The van der Waals surface area contributed by atoms with E-state index < -0.39 is 15.4 Å². The van der Waals surface area contributed by atoms with Crippen LogP contribution in [0, 0.1) is 0 Å². The van der Waals surface area contributed by atoms with Crippen LogP contribution in [-0.2, 0) is 4.43 Å². The highest BCUT2D eigenvalue weighted by Crippen LogP contribution is 2.43. The fraction of sp³-hybridized carbons (Fsp3) is 1.00. The van der Waals surface area contributed by atoms with E-state index in [0.717, 1.165) is 0 Å². The summed E-state index contributed by atoms with van der Waals surface area (Å²) in [6.45, 7) is 14.7. The highest BCUT2D eigenvalue weighted by atomic mass is 29.3. The lowest BCUT2D eigenvalue weighted by atomic mass is 9.88. The zero-order valence-electron chi connectivity index (χ0n) is 13.6. The molecule has 0 unspecified atom stereocenters. The van der Waals surface area contributed by atoms with Gasteiger partial charge < -0.3 is 4.43 Å². The first-order valence-corrected chi connectivity index (χ1v) is 15.1. The zero-order valence-corrected chi connectivity index (χ0v) is 15.6. The molecule has 0 saturated carbocycles. The Kier molecular flexibility index (Phi) is 5.69. The van der Waals surface area contributed by atoms with Gasteiger partial charge in [-0.05, 0) is 32.4 Å². The van der Waals surface area contributed by atoms with Crippen molar-refractivity contribution in [3.8, 4) is 0 Å². The minimum atomic E-state index is -1.41. The highest BCUT2D eigenvalue weighted by Gasteiger charge is 2.52. The predicted octanol–water partition coefficient (Wildman–Crippen LogP) is 5.52. The molecule has 0 aliphatic carbocycles. The number of hydrogen-bond acceptors (Lipinski definition) is 1. The summed E-state index contributed by atoms with van der Waals surface area (Å²) in [7, 11) is -2.48. The van der Waals surface area contributed by atoms with Gasteiger partial charge in [-0.15, -0.1) is 0 Å². The minimum absolute atomic E-state index is 0.268. The molecule has 1 rings (SSSR count). The number of unbranched alkanes of at least 4 members (excludes halogenated alkanes) is 2. The first kappa shape index (κ1) is 16.4. The molecule has 0 amide bonds. The lowest BCUT2D eigenvalue weighted by Gasteiger charge is -2.52. The molecule has 0 spiro atoms. The summed E-state index contributed by atoms with van der Waals surface area (Å²) in [5.74, 6) is 0. The second kappa shape index (κ2) is 6.23. The standard InChI is InChI=1S/C15H34OSi2/c1-7-9-11-15(12-10-8-2)13-14-17(3,4)18(5,6)16-15/h7-14H2,1-6H3. The van der Waals surface area contributed by atoms with Crippen LogP contribution in [0.3, 0.4) is 0 Å². The van der Waals surface area contributed by atoms with Crippen LogP contribution in [0.15, 0.2) is 0 Å². The Morgan fingerprint density at radius 1 is 0.944 bits per heavy atom. The van der Waals surface area contributed by atoms with Gasteiger partial charge in [-0.1, -0.05) is 58.7 Å². The van der Waals surface area contributed by atoms with Crippen LogP contribution in [0.4, 0.5) is 0 Å². The van der Waals surface area contributed by atoms with Crippen LogP contribution in [0.1, 0.15) is 58.8 Å². The molecular weight excluding hydrogens is 252 g/mol. The Morgan fingerprint density at radius 3 is 1.83 bits per heavy atom. The normalized spacial score (nSPS) is 25.0. The Hall–Kier alpha value is 0.394. The van der Waals surface area contributed by atoms with E-state index in [4.69, 9.17) is 4.43 Å². The molecular formula is C15H34OSi2. The first-order chi connectivity index (χ1) is 8.29. The van der Waals surface area contributed by atoms with Gasteiger partial charge in [0, 0.05) is 0 Å². The molecule has 0 aromatic heterocycles. The SMILES string of the molecule is CCCCC1(CCCC)CC[Si](C)(C)[Si](C)(C)O1. The molecule has 1 nitrogen and oxygen atoms in total. The van der Waals surface area contributed by atoms with Crippen LogP contribution in [0.25, 0.3) is 0 Å². The van der Waals surface area contributed by atoms with E-state index >= 15 is 0 Å².